The van der Waals surface area contributed by atoms with Gasteiger partial charge in [0.25, 0.3) is 11.8 Å². The maximum Gasteiger partial charge on any atom is 0.338 e. The Kier molecular flexibility index (Phi) is 4.86. The summed E-state index contributed by atoms with van der Waals surface area (Å²) in [5.41, 5.74) is 0.834. The molecule has 4 rings (SSSR count). The number of imide groups is 1. The van der Waals surface area contributed by atoms with Crippen molar-refractivity contribution in [3.63, 3.8) is 0 Å². The van der Waals surface area contributed by atoms with Crippen molar-refractivity contribution in [2.24, 2.45) is 0 Å². The van der Waals surface area contributed by atoms with E-state index in [1.54, 1.807) is 30.3 Å². The molecular formula is C22H13ClFNO4. The third kappa shape index (κ3) is 3.39. The van der Waals surface area contributed by atoms with Gasteiger partial charge in [-0.25, -0.2) is 14.1 Å². The molecule has 1 heterocycles. The number of halogens is 2. The van der Waals surface area contributed by atoms with Gasteiger partial charge in [0.1, 0.15) is 12.4 Å². The zero-order valence-electron chi connectivity index (χ0n) is 14.9. The molecule has 1 aliphatic rings. The normalized spacial score (nSPS) is 12.8. The molecule has 0 fully saturated rings. The van der Waals surface area contributed by atoms with Gasteiger partial charge in [0.15, 0.2) is 0 Å². The molecule has 0 saturated heterocycles. The van der Waals surface area contributed by atoms with Gasteiger partial charge in [-0.15, -0.1) is 0 Å². The Labute approximate surface area is 170 Å². The number of ether oxygens (including phenoxy) is 1. The predicted octanol–water partition coefficient (Wildman–Crippen LogP) is 4.64. The van der Waals surface area contributed by atoms with Crippen LogP contribution in [0.2, 0.25) is 5.02 Å². The van der Waals surface area contributed by atoms with Crippen molar-refractivity contribution in [2.75, 3.05) is 4.90 Å². The highest BCUT2D eigenvalue weighted by Gasteiger charge is 2.38. The van der Waals surface area contributed by atoms with Gasteiger partial charge < -0.3 is 4.74 Å². The summed E-state index contributed by atoms with van der Waals surface area (Å²) in [5, 5.41) is 0.256. The van der Waals surface area contributed by atoms with E-state index in [9.17, 15) is 18.8 Å². The molecular weight excluding hydrogens is 397 g/mol. The number of benzene rings is 3. The van der Waals surface area contributed by atoms with Gasteiger partial charge in [-0.3, -0.25) is 9.59 Å². The second kappa shape index (κ2) is 7.48. The lowest BCUT2D eigenvalue weighted by Crippen LogP contribution is -2.29. The fourth-order valence-electron chi connectivity index (χ4n) is 3.06. The van der Waals surface area contributed by atoms with Gasteiger partial charge in [0, 0.05) is 5.56 Å². The van der Waals surface area contributed by atoms with Crippen LogP contribution in [0.4, 0.5) is 10.1 Å². The van der Waals surface area contributed by atoms with Crippen LogP contribution in [0.1, 0.15) is 36.6 Å². The lowest BCUT2D eigenvalue weighted by molar-refractivity contribution is 0.0468. The molecule has 2 amide bonds. The van der Waals surface area contributed by atoms with E-state index in [0.717, 1.165) is 4.90 Å². The SMILES string of the molecule is O=C(OCc1ccccc1F)c1ccc2c(c1)C(=O)N(c1ccccc1Cl)C2=O. The third-order valence-corrected chi connectivity index (χ3v) is 4.85. The first-order chi connectivity index (χ1) is 14.0. The van der Waals surface area contributed by atoms with Gasteiger partial charge in [-0.05, 0) is 36.4 Å². The molecule has 0 spiro atoms. The summed E-state index contributed by atoms with van der Waals surface area (Å²) < 4.78 is 18.8. The van der Waals surface area contributed by atoms with Crippen molar-refractivity contribution in [1.29, 1.82) is 0 Å². The van der Waals surface area contributed by atoms with Gasteiger partial charge in [0.05, 0.1) is 27.4 Å². The molecule has 0 aromatic heterocycles. The summed E-state index contributed by atoms with van der Waals surface area (Å²) in [6.07, 6.45) is 0. The van der Waals surface area contributed by atoms with E-state index in [1.165, 1.54) is 36.4 Å². The number of esters is 1. The molecule has 3 aromatic carbocycles. The predicted molar refractivity (Wildman–Crippen MR) is 105 cm³/mol. The molecule has 29 heavy (non-hydrogen) atoms. The monoisotopic (exact) mass is 409 g/mol. The quantitative estimate of drug-likeness (QED) is 0.465. The molecule has 3 aromatic rings. The zero-order chi connectivity index (χ0) is 20.5. The third-order valence-electron chi connectivity index (χ3n) is 4.53. The van der Waals surface area contributed by atoms with Crippen molar-refractivity contribution in [3.8, 4) is 0 Å². The number of rotatable bonds is 4. The number of para-hydroxylation sites is 1. The summed E-state index contributed by atoms with van der Waals surface area (Å²) >= 11 is 6.12. The first kappa shape index (κ1) is 18.8. The largest absolute Gasteiger partial charge is 0.457 e. The van der Waals surface area contributed by atoms with E-state index in [0.29, 0.717) is 0 Å². The van der Waals surface area contributed by atoms with E-state index in [4.69, 9.17) is 16.3 Å². The molecule has 1 aliphatic heterocycles. The van der Waals surface area contributed by atoms with Gasteiger partial charge in [-0.2, -0.15) is 0 Å². The molecule has 0 aliphatic carbocycles. The van der Waals surface area contributed by atoms with Crippen LogP contribution in [-0.2, 0) is 11.3 Å². The van der Waals surface area contributed by atoms with Crippen LogP contribution < -0.4 is 4.90 Å². The zero-order valence-corrected chi connectivity index (χ0v) is 15.7. The van der Waals surface area contributed by atoms with Crippen LogP contribution >= 0.6 is 11.6 Å². The number of carbonyl (C=O) groups is 3. The maximum absolute atomic E-state index is 13.7. The summed E-state index contributed by atoms with van der Waals surface area (Å²) in [5.74, 6) is -2.32. The first-order valence-corrected chi connectivity index (χ1v) is 9.03. The van der Waals surface area contributed by atoms with E-state index in [-0.39, 0.29) is 39.6 Å². The molecule has 0 saturated carbocycles. The second-order valence-electron chi connectivity index (χ2n) is 6.33. The summed E-state index contributed by atoms with van der Waals surface area (Å²) in [4.78, 5) is 38.8. The number of hydrogen-bond donors (Lipinski definition) is 0. The smallest absolute Gasteiger partial charge is 0.338 e. The lowest BCUT2D eigenvalue weighted by Gasteiger charge is -2.15. The van der Waals surface area contributed by atoms with Crippen LogP contribution in [0, 0.1) is 5.82 Å². The first-order valence-electron chi connectivity index (χ1n) is 8.65. The van der Waals surface area contributed by atoms with Crippen molar-refractivity contribution in [1.82, 2.24) is 0 Å². The van der Waals surface area contributed by atoms with Gasteiger partial charge in [-0.1, -0.05) is 41.9 Å². The van der Waals surface area contributed by atoms with Gasteiger partial charge >= 0.3 is 5.97 Å². The number of nitrogens with zero attached hydrogens (tertiary/aromatic N) is 1. The van der Waals surface area contributed by atoms with Crippen LogP contribution in [0.3, 0.4) is 0 Å². The fraction of sp³-hybridized carbons (Fsp3) is 0.0455. The van der Waals surface area contributed by atoms with Crippen LogP contribution in [0.25, 0.3) is 0 Å². The highest BCUT2D eigenvalue weighted by atomic mass is 35.5. The maximum atomic E-state index is 13.7. The number of fused-ring (bicyclic) bond motifs is 1. The highest BCUT2D eigenvalue weighted by molar-refractivity contribution is 6.39. The minimum absolute atomic E-state index is 0.0789. The average molecular weight is 410 g/mol. The van der Waals surface area contributed by atoms with Crippen molar-refractivity contribution in [2.45, 2.75) is 6.61 Å². The number of hydrogen-bond acceptors (Lipinski definition) is 4. The lowest BCUT2D eigenvalue weighted by atomic mass is 10.1. The van der Waals surface area contributed by atoms with E-state index < -0.39 is 23.6 Å². The van der Waals surface area contributed by atoms with Crippen molar-refractivity contribution >= 4 is 35.1 Å². The van der Waals surface area contributed by atoms with E-state index in [1.807, 2.05) is 0 Å². The Balaban J connectivity index is 1.58. The topological polar surface area (TPSA) is 63.7 Å². The van der Waals surface area contributed by atoms with E-state index in [2.05, 4.69) is 0 Å². The number of amides is 2. The Morgan fingerprint density at radius 3 is 2.38 bits per heavy atom. The average Bonchev–Trinajstić information content (AvgIpc) is 2.97. The highest BCUT2D eigenvalue weighted by Crippen LogP contribution is 2.33. The Morgan fingerprint density at radius 2 is 1.62 bits per heavy atom. The molecule has 5 nitrogen and oxygen atoms in total. The summed E-state index contributed by atoms with van der Waals surface area (Å²) in [6, 6.07) is 16.5. The second-order valence-corrected chi connectivity index (χ2v) is 6.73. The summed E-state index contributed by atoms with van der Waals surface area (Å²) in [6.45, 7) is -0.249. The summed E-state index contributed by atoms with van der Waals surface area (Å²) in [7, 11) is 0. The Bertz CT molecular complexity index is 1160. The van der Waals surface area contributed by atoms with Crippen molar-refractivity contribution < 1.29 is 23.5 Å². The minimum Gasteiger partial charge on any atom is -0.457 e. The number of carbonyl (C=O) groups excluding carboxylic acids is 3. The van der Waals surface area contributed by atoms with Crippen LogP contribution in [-0.4, -0.2) is 17.8 Å². The fourth-order valence-corrected chi connectivity index (χ4v) is 3.28. The molecule has 7 heteroatoms. The van der Waals surface area contributed by atoms with Gasteiger partial charge in [0.2, 0.25) is 0 Å². The molecule has 0 bridgehead atoms. The minimum atomic E-state index is -0.729. The van der Waals surface area contributed by atoms with Crippen LogP contribution in [0.15, 0.2) is 66.7 Å². The molecule has 0 unspecified atom stereocenters. The molecule has 144 valence electrons. The number of anilines is 1. The Morgan fingerprint density at radius 1 is 0.931 bits per heavy atom. The van der Waals surface area contributed by atoms with Crippen molar-refractivity contribution in [3.05, 3.63) is 99.8 Å². The standard InChI is InChI=1S/C22H13ClFNO4/c23-17-6-2-4-8-19(17)25-20(26)15-10-9-13(11-16(15)21(25)27)22(28)29-12-14-5-1-3-7-18(14)24/h1-11H,12H2. The van der Waals surface area contributed by atoms with Crippen LogP contribution in [0.5, 0.6) is 0 Å². The Hall–Kier alpha value is -3.51. The molecule has 0 atom stereocenters. The molecule has 0 radical (unpaired) electrons. The molecule has 0 N–H and O–H groups in total. The van der Waals surface area contributed by atoms with E-state index >= 15 is 0 Å².